The van der Waals surface area contributed by atoms with Crippen LogP contribution in [0.3, 0.4) is 0 Å². The zero-order chi connectivity index (χ0) is 21.0. The summed E-state index contributed by atoms with van der Waals surface area (Å²) < 4.78 is 6.74. The summed E-state index contributed by atoms with van der Waals surface area (Å²) in [5, 5.41) is 7.28. The molecule has 3 aromatic rings. The molecule has 1 N–H and O–H groups in total. The Hall–Kier alpha value is -3.41. The van der Waals surface area contributed by atoms with E-state index >= 15 is 0 Å². The third kappa shape index (κ3) is 5.10. The van der Waals surface area contributed by atoms with Crippen LogP contribution in [0.15, 0.2) is 60.7 Å². The lowest BCUT2D eigenvalue weighted by Crippen LogP contribution is -2.26. The van der Waals surface area contributed by atoms with Crippen LogP contribution in [0, 0.1) is 6.92 Å². The minimum Gasteiger partial charge on any atom is -0.454 e. The maximum absolute atomic E-state index is 12.4. The van der Waals surface area contributed by atoms with Gasteiger partial charge in [0.2, 0.25) is 0 Å². The van der Waals surface area contributed by atoms with Gasteiger partial charge in [0.25, 0.3) is 0 Å². The molecule has 0 saturated heterocycles. The summed E-state index contributed by atoms with van der Waals surface area (Å²) >= 11 is 0. The number of nitrogens with one attached hydrogen (secondary N) is 1. The molecule has 0 aliphatic rings. The molecule has 0 aliphatic carbocycles. The number of esters is 1. The van der Waals surface area contributed by atoms with Crippen LogP contribution < -0.4 is 5.32 Å². The largest absolute Gasteiger partial charge is 0.454 e. The molecule has 0 spiro atoms. The third-order valence-electron chi connectivity index (χ3n) is 4.40. The van der Waals surface area contributed by atoms with Crippen molar-refractivity contribution < 1.29 is 14.3 Å². The standard InChI is InChI=1S/C23H25N3O3/c1-16-10-12-18(13-11-16)26-20(14-19(25-26)23(2,3)4)24-21(27)22(28)29-15-17-8-6-5-7-9-17/h5-14H,15H2,1-4H3,(H,24,27). The van der Waals surface area contributed by atoms with Crippen LogP contribution in [0.1, 0.15) is 37.6 Å². The quantitative estimate of drug-likeness (QED) is 0.535. The first kappa shape index (κ1) is 20.3. The fraction of sp³-hybridized carbons (Fsp3) is 0.261. The van der Waals surface area contributed by atoms with Gasteiger partial charge in [0.15, 0.2) is 0 Å². The van der Waals surface area contributed by atoms with Crippen molar-refractivity contribution in [3.05, 3.63) is 77.5 Å². The zero-order valence-electron chi connectivity index (χ0n) is 17.1. The maximum Gasteiger partial charge on any atom is 0.397 e. The van der Waals surface area contributed by atoms with Gasteiger partial charge in [-0.15, -0.1) is 0 Å². The smallest absolute Gasteiger partial charge is 0.397 e. The minimum absolute atomic E-state index is 0.0392. The van der Waals surface area contributed by atoms with Crippen LogP contribution in [0.25, 0.3) is 5.69 Å². The zero-order valence-corrected chi connectivity index (χ0v) is 17.1. The van der Waals surface area contributed by atoms with Crippen LogP contribution in [0.2, 0.25) is 0 Å². The number of anilines is 1. The Morgan fingerprint density at radius 2 is 1.69 bits per heavy atom. The van der Waals surface area contributed by atoms with Crippen LogP contribution >= 0.6 is 0 Å². The highest BCUT2D eigenvalue weighted by Gasteiger charge is 2.23. The van der Waals surface area contributed by atoms with Crippen LogP contribution in [0.4, 0.5) is 5.82 Å². The maximum atomic E-state index is 12.4. The van der Waals surface area contributed by atoms with E-state index in [1.807, 2.05) is 82.3 Å². The number of carbonyl (C=O) groups excluding carboxylic acids is 2. The molecule has 0 unspecified atom stereocenters. The van der Waals surface area contributed by atoms with Crippen molar-refractivity contribution >= 4 is 17.7 Å². The van der Waals surface area contributed by atoms with Crippen molar-refractivity contribution in [3.8, 4) is 5.69 Å². The Morgan fingerprint density at radius 3 is 2.31 bits per heavy atom. The van der Waals surface area contributed by atoms with Gasteiger partial charge in [-0.25, -0.2) is 9.48 Å². The van der Waals surface area contributed by atoms with Gasteiger partial charge in [0.05, 0.1) is 11.4 Å². The molecule has 1 heterocycles. The minimum atomic E-state index is -0.942. The van der Waals surface area contributed by atoms with Gasteiger partial charge < -0.3 is 10.1 Å². The van der Waals surface area contributed by atoms with E-state index in [1.165, 1.54) is 0 Å². The number of hydrogen-bond acceptors (Lipinski definition) is 4. The van der Waals surface area contributed by atoms with Gasteiger partial charge in [0, 0.05) is 11.5 Å². The van der Waals surface area contributed by atoms with Gasteiger partial charge in [-0.1, -0.05) is 68.8 Å². The van der Waals surface area contributed by atoms with Crippen LogP contribution in [-0.2, 0) is 26.3 Å². The Balaban J connectivity index is 1.79. The number of amides is 1. The van der Waals surface area contributed by atoms with Gasteiger partial charge in [-0.3, -0.25) is 4.79 Å². The van der Waals surface area contributed by atoms with E-state index in [-0.39, 0.29) is 12.0 Å². The summed E-state index contributed by atoms with van der Waals surface area (Å²) in [6.07, 6.45) is 0. The van der Waals surface area contributed by atoms with E-state index in [2.05, 4.69) is 10.4 Å². The fourth-order valence-electron chi connectivity index (χ4n) is 2.68. The fourth-order valence-corrected chi connectivity index (χ4v) is 2.68. The summed E-state index contributed by atoms with van der Waals surface area (Å²) in [5.41, 5.74) is 3.30. The SMILES string of the molecule is Cc1ccc(-n2nc(C(C)(C)C)cc2NC(=O)C(=O)OCc2ccccc2)cc1. The van der Waals surface area contributed by atoms with Crippen LogP contribution in [0.5, 0.6) is 0 Å². The molecule has 0 bridgehead atoms. The van der Waals surface area contributed by atoms with Gasteiger partial charge in [-0.2, -0.15) is 5.10 Å². The van der Waals surface area contributed by atoms with E-state index in [0.29, 0.717) is 5.82 Å². The number of aromatic nitrogens is 2. The first-order chi connectivity index (χ1) is 13.7. The predicted molar refractivity (Wildman–Crippen MR) is 112 cm³/mol. The molecule has 2 aromatic carbocycles. The Morgan fingerprint density at radius 1 is 1.03 bits per heavy atom. The molecule has 150 valence electrons. The number of benzene rings is 2. The lowest BCUT2D eigenvalue weighted by atomic mass is 9.92. The predicted octanol–water partition coefficient (Wildman–Crippen LogP) is 4.16. The second kappa shape index (κ2) is 8.31. The molecule has 0 saturated carbocycles. The molecule has 6 nitrogen and oxygen atoms in total. The Bertz CT molecular complexity index is 1000. The molecular weight excluding hydrogens is 366 g/mol. The monoisotopic (exact) mass is 391 g/mol. The molecule has 29 heavy (non-hydrogen) atoms. The Labute approximate surface area is 170 Å². The molecule has 6 heteroatoms. The summed E-state index contributed by atoms with van der Waals surface area (Å²) in [6.45, 7) is 8.15. The van der Waals surface area contributed by atoms with Crippen molar-refractivity contribution in [2.75, 3.05) is 5.32 Å². The summed E-state index contributed by atoms with van der Waals surface area (Å²) in [7, 11) is 0. The van der Waals surface area contributed by atoms with Gasteiger partial charge in [0.1, 0.15) is 12.4 Å². The molecule has 0 atom stereocenters. The molecule has 0 aliphatic heterocycles. The van der Waals surface area contributed by atoms with Crippen molar-refractivity contribution in [2.24, 2.45) is 0 Å². The number of carbonyl (C=O) groups is 2. The second-order valence-electron chi connectivity index (χ2n) is 7.93. The molecular formula is C23H25N3O3. The van der Waals surface area contributed by atoms with E-state index in [9.17, 15) is 9.59 Å². The number of aryl methyl sites for hydroxylation is 1. The average Bonchev–Trinajstić information content (AvgIpc) is 3.11. The van der Waals surface area contributed by atoms with Crippen molar-refractivity contribution in [2.45, 2.75) is 39.7 Å². The summed E-state index contributed by atoms with van der Waals surface area (Å²) in [6, 6.07) is 18.8. The first-order valence-electron chi connectivity index (χ1n) is 9.43. The van der Waals surface area contributed by atoms with Crippen molar-refractivity contribution in [1.82, 2.24) is 9.78 Å². The lowest BCUT2D eigenvalue weighted by molar-refractivity contribution is -0.153. The number of nitrogens with zero attached hydrogens (tertiary/aromatic N) is 2. The molecule has 1 aromatic heterocycles. The normalized spacial score (nSPS) is 11.2. The first-order valence-corrected chi connectivity index (χ1v) is 9.43. The van der Waals surface area contributed by atoms with E-state index in [4.69, 9.17) is 4.74 Å². The highest BCUT2D eigenvalue weighted by Crippen LogP contribution is 2.26. The highest BCUT2D eigenvalue weighted by molar-refractivity contribution is 6.37. The number of hydrogen-bond donors (Lipinski definition) is 1. The number of ether oxygens (including phenoxy) is 1. The van der Waals surface area contributed by atoms with Gasteiger partial charge >= 0.3 is 11.9 Å². The second-order valence-corrected chi connectivity index (χ2v) is 7.93. The molecule has 0 fully saturated rings. The van der Waals surface area contributed by atoms with Gasteiger partial charge in [-0.05, 0) is 24.6 Å². The van der Waals surface area contributed by atoms with E-state index < -0.39 is 11.9 Å². The van der Waals surface area contributed by atoms with Crippen molar-refractivity contribution in [3.63, 3.8) is 0 Å². The average molecular weight is 391 g/mol. The summed E-state index contributed by atoms with van der Waals surface area (Å²) in [5.74, 6) is -1.36. The molecule has 0 radical (unpaired) electrons. The molecule has 1 amide bonds. The van der Waals surface area contributed by atoms with E-state index in [1.54, 1.807) is 10.7 Å². The third-order valence-corrected chi connectivity index (χ3v) is 4.40. The Kier molecular flexibility index (Phi) is 5.82. The van der Waals surface area contributed by atoms with Crippen molar-refractivity contribution in [1.29, 1.82) is 0 Å². The highest BCUT2D eigenvalue weighted by atomic mass is 16.5. The topological polar surface area (TPSA) is 73.2 Å². The van der Waals surface area contributed by atoms with Crippen LogP contribution in [-0.4, -0.2) is 21.7 Å². The number of rotatable bonds is 4. The lowest BCUT2D eigenvalue weighted by Gasteiger charge is -2.14. The summed E-state index contributed by atoms with van der Waals surface area (Å²) in [4.78, 5) is 24.6. The molecule has 3 rings (SSSR count). The van der Waals surface area contributed by atoms with E-state index in [0.717, 1.165) is 22.5 Å².